The van der Waals surface area contributed by atoms with Crippen LogP contribution in [0, 0.1) is 0 Å². The molecule has 0 aliphatic carbocycles. The first-order valence-corrected chi connectivity index (χ1v) is 9.11. The highest BCUT2D eigenvalue weighted by Gasteiger charge is 2.49. The number of hydrogen-bond donors (Lipinski definition) is 5. The molecule has 0 radical (unpaired) electrons. The zero-order chi connectivity index (χ0) is 22.4. The van der Waals surface area contributed by atoms with Gasteiger partial charge in [0, 0.05) is 6.54 Å². The molecule has 29 heavy (non-hydrogen) atoms. The predicted octanol–water partition coefficient (Wildman–Crippen LogP) is -1.38. The van der Waals surface area contributed by atoms with Gasteiger partial charge in [-0.3, -0.25) is 14.4 Å². The van der Waals surface area contributed by atoms with Crippen LogP contribution in [-0.2, 0) is 28.7 Å². The van der Waals surface area contributed by atoms with Crippen molar-refractivity contribution in [1.29, 1.82) is 0 Å². The number of rotatable bonds is 10. The molecular formula is C17H28N4O8. The number of carbonyl (C=O) groups is 5. The summed E-state index contributed by atoms with van der Waals surface area (Å²) in [5.74, 6) is -3.65. The lowest BCUT2D eigenvalue weighted by atomic mass is 10.1. The van der Waals surface area contributed by atoms with Gasteiger partial charge in [0.15, 0.2) is 12.2 Å². The molecule has 1 saturated heterocycles. The van der Waals surface area contributed by atoms with Crippen molar-refractivity contribution < 1.29 is 38.6 Å². The number of nitrogens with two attached hydrogens (primary N) is 1. The van der Waals surface area contributed by atoms with Crippen LogP contribution in [0.2, 0.25) is 0 Å². The van der Waals surface area contributed by atoms with E-state index in [1.54, 1.807) is 27.7 Å². The summed E-state index contributed by atoms with van der Waals surface area (Å²) in [6.07, 6.45) is -2.13. The van der Waals surface area contributed by atoms with E-state index in [9.17, 15) is 29.1 Å². The van der Waals surface area contributed by atoms with E-state index in [1.807, 2.05) is 0 Å². The Bertz CT molecular complexity index is 660. The van der Waals surface area contributed by atoms with Gasteiger partial charge < -0.3 is 36.3 Å². The zero-order valence-electron chi connectivity index (χ0n) is 16.8. The summed E-state index contributed by atoms with van der Waals surface area (Å²) in [7, 11) is 0. The normalized spacial score (nSPS) is 20.0. The van der Waals surface area contributed by atoms with E-state index in [2.05, 4.69) is 16.0 Å². The van der Waals surface area contributed by atoms with Crippen LogP contribution >= 0.6 is 0 Å². The average molecular weight is 416 g/mol. The molecule has 1 heterocycles. The summed E-state index contributed by atoms with van der Waals surface area (Å²) in [6, 6.07) is -2.48. The molecule has 0 saturated carbocycles. The lowest BCUT2D eigenvalue weighted by Crippen LogP contribution is -2.55. The number of epoxide rings is 1. The first kappa shape index (κ1) is 24.1. The second-order valence-electron chi connectivity index (χ2n) is 7.51. The third-order valence-electron chi connectivity index (χ3n) is 3.71. The van der Waals surface area contributed by atoms with E-state index < -0.39 is 66.2 Å². The molecule has 1 aliphatic heterocycles. The minimum atomic E-state index is -1.46. The second-order valence-corrected chi connectivity index (χ2v) is 7.51. The largest absolute Gasteiger partial charge is 0.480 e. The van der Waals surface area contributed by atoms with Crippen LogP contribution in [0.25, 0.3) is 0 Å². The highest BCUT2D eigenvalue weighted by atomic mass is 16.6. The lowest BCUT2D eigenvalue weighted by Gasteiger charge is -2.24. The molecule has 1 aliphatic rings. The molecule has 4 amide bonds. The Morgan fingerprint density at radius 1 is 1.10 bits per heavy atom. The molecule has 1 rings (SSSR count). The lowest BCUT2D eigenvalue weighted by molar-refractivity contribution is -0.142. The molecule has 4 atom stereocenters. The molecule has 0 unspecified atom stereocenters. The maximum absolute atomic E-state index is 12.4. The standard InChI is InChI=1S/C17H28N4O8/c1-5-6-8(21-16(27)29-17(2,3)4)13(23)20-9(15(25)26)7-19-14(24)11-10(28-11)12(18)22/h8-11H,5-7H2,1-4H3,(H2,18,22)(H,19,24)(H,20,23)(H,21,27)(H,25,26)/t8-,9-,10+,11+/m0/s1. The Hall–Kier alpha value is -2.89. The summed E-state index contributed by atoms with van der Waals surface area (Å²) in [4.78, 5) is 58.5. The Kier molecular flexibility index (Phi) is 8.37. The first-order valence-electron chi connectivity index (χ1n) is 9.11. The van der Waals surface area contributed by atoms with Gasteiger partial charge in [0.05, 0.1) is 0 Å². The van der Waals surface area contributed by atoms with Gasteiger partial charge in [-0.05, 0) is 27.2 Å². The first-order chi connectivity index (χ1) is 13.4. The molecule has 0 aromatic rings. The average Bonchev–Trinajstić information content (AvgIpc) is 3.36. The van der Waals surface area contributed by atoms with E-state index >= 15 is 0 Å². The van der Waals surface area contributed by atoms with Gasteiger partial charge in [-0.1, -0.05) is 13.3 Å². The zero-order valence-corrected chi connectivity index (χ0v) is 16.8. The van der Waals surface area contributed by atoms with Crippen molar-refractivity contribution in [2.45, 2.75) is 70.4 Å². The van der Waals surface area contributed by atoms with Crippen molar-refractivity contribution in [3.05, 3.63) is 0 Å². The highest BCUT2D eigenvalue weighted by Crippen LogP contribution is 2.21. The van der Waals surface area contributed by atoms with E-state index in [0.29, 0.717) is 6.42 Å². The van der Waals surface area contributed by atoms with E-state index in [0.717, 1.165) is 0 Å². The van der Waals surface area contributed by atoms with Gasteiger partial charge in [-0.15, -0.1) is 0 Å². The topological polar surface area (TPSA) is 189 Å². The van der Waals surface area contributed by atoms with Crippen LogP contribution in [0.4, 0.5) is 4.79 Å². The molecule has 0 spiro atoms. The SMILES string of the molecule is CCC[C@H](NC(=O)OC(C)(C)C)C(=O)N[C@@H](CNC(=O)[C@@H]1O[C@H]1C(N)=O)C(=O)O. The number of primary amides is 1. The number of carboxylic acids is 1. The number of nitrogens with one attached hydrogen (secondary N) is 3. The molecule has 0 aromatic carbocycles. The summed E-state index contributed by atoms with van der Waals surface area (Å²) >= 11 is 0. The van der Waals surface area contributed by atoms with Crippen molar-refractivity contribution in [3.8, 4) is 0 Å². The van der Waals surface area contributed by atoms with Gasteiger partial charge in [0.25, 0.3) is 5.91 Å². The quantitative estimate of drug-likeness (QED) is 0.269. The third-order valence-corrected chi connectivity index (χ3v) is 3.71. The number of carboxylic acid groups (broad SMARTS) is 1. The van der Waals surface area contributed by atoms with Crippen molar-refractivity contribution in [1.82, 2.24) is 16.0 Å². The number of hydrogen-bond acceptors (Lipinski definition) is 7. The van der Waals surface area contributed by atoms with E-state index in [4.69, 9.17) is 15.2 Å². The Labute approximate surface area is 167 Å². The second kappa shape index (κ2) is 10.0. The molecule has 0 bridgehead atoms. The maximum atomic E-state index is 12.4. The number of carbonyl (C=O) groups excluding carboxylic acids is 4. The highest BCUT2D eigenvalue weighted by molar-refractivity contribution is 5.94. The smallest absolute Gasteiger partial charge is 0.408 e. The van der Waals surface area contributed by atoms with Crippen LogP contribution in [0.1, 0.15) is 40.5 Å². The van der Waals surface area contributed by atoms with E-state index in [1.165, 1.54) is 0 Å². The van der Waals surface area contributed by atoms with Crippen LogP contribution < -0.4 is 21.7 Å². The van der Waals surface area contributed by atoms with E-state index in [-0.39, 0.29) is 6.42 Å². The molecule has 0 aromatic heterocycles. The minimum absolute atomic E-state index is 0.250. The molecule has 12 nitrogen and oxygen atoms in total. The Morgan fingerprint density at radius 3 is 2.17 bits per heavy atom. The van der Waals surface area contributed by atoms with Gasteiger partial charge >= 0.3 is 12.1 Å². The third kappa shape index (κ3) is 8.34. The molecule has 12 heteroatoms. The van der Waals surface area contributed by atoms with Gasteiger partial charge in [0.2, 0.25) is 11.8 Å². The van der Waals surface area contributed by atoms with Gasteiger partial charge in [0.1, 0.15) is 17.7 Å². The number of ether oxygens (including phenoxy) is 2. The van der Waals surface area contributed by atoms with Crippen LogP contribution in [0.5, 0.6) is 0 Å². The number of amides is 4. The van der Waals surface area contributed by atoms with Crippen molar-refractivity contribution >= 4 is 29.8 Å². The number of alkyl carbamates (subject to hydrolysis) is 1. The van der Waals surface area contributed by atoms with Crippen molar-refractivity contribution in [2.24, 2.45) is 5.73 Å². The van der Waals surface area contributed by atoms with Crippen LogP contribution in [-0.4, -0.2) is 71.3 Å². The predicted molar refractivity (Wildman–Crippen MR) is 98.5 cm³/mol. The monoisotopic (exact) mass is 416 g/mol. The summed E-state index contributed by atoms with van der Waals surface area (Å²) < 4.78 is 9.89. The van der Waals surface area contributed by atoms with Crippen LogP contribution in [0.15, 0.2) is 0 Å². The Balaban J connectivity index is 2.63. The van der Waals surface area contributed by atoms with Crippen LogP contribution in [0.3, 0.4) is 0 Å². The summed E-state index contributed by atoms with van der Waals surface area (Å²) in [6.45, 7) is 6.33. The fraction of sp³-hybridized carbons (Fsp3) is 0.706. The molecule has 6 N–H and O–H groups in total. The fourth-order valence-corrected chi connectivity index (χ4v) is 2.31. The summed E-state index contributed by atoms with van der Waals surface area (Å²) in [5.41, 5.74) is 4.23. The van der Waals surface area contributed by atoms with Gasteiger partial charge in [-0.2, -0.15) is 0 Å². The molecular weight excluding hydrogens is 388 g/mol. The fourth-order valence-electron chi connectivity index (χ4n) is 2.31. The number of aliphatic carboxylic acids is 1. The van der Waals surface area contributed by atoms with Crippen molar-refractivity contribution in [2.75, 3.05) is 6.54 Å². The molecule has 1 fully saturated rings. The minimum Gasteiger partial charge on any atom is -0.480 e. The molecule has 164 valence electrons. The maximum Gasteiger partial charge on any atom is 0.408 e. The van der Waals surface area contributed by atoms with Crippen molar-refractivity contribution in [3.63, 3.8) is 0 Å². The Morgan fingerprint density at radius 2 is 1.72 bits per heavy atom. The summed E-state index contributed by atoms with van der Waals surface area (Å²) in [5, 5.41) is 16.2. The van der Waals surface area contributed by atoms with Gasteiger partial charge in [-0.25, -0.2) is 9.59 Å².